The lowest BCUT2D eigenvalue weighted by Crippen LogP contribution is -3.18. The molecular weight excluding hydrogens is 58.0 g/mol. The number of nitrogens with two attached hydrogens (primary N) is 2. The van der Waals surface area contributed by atoms with Crippen LogP contribution < -0.4 is 17.0 Å². The van der Waals surface area contributed by atoms with Crippen molar-refractivity contribution in [2.24, 2.45) is 11.7 Å². The summed E-state index contributed by atoms with van der Waals surface area (Å²) in [7, 11) is 0. The molecule has 0 amide bonds. The van der Waals surface area contributed by atoms with Gasteiger partial charge in [-0.2, -0.15) is 11.7 Å². The molecule has 5 N–H and O–H groups in total. The van der Waals surface area contributed by atoms with Crippen LogP contribution in [0.1, 0.15) is 0 Å². The molecule has 0 saturated heterocycles. The average Bonchev–Trinajstić information content (AvgIpc) is 0.811. The van der Waals surface area contributed by atoms with Gasteiger partial charge in [0.1, 0.15) is 0 Å². The summed E-state index contributed by atoms with van der Waals surface area (Å²) in [6.45, 7) is 0. The van der Waals surface area contributed by atoms with Crippen LogP contribution in [0.3, 0.4) is 0 Å². The number of hydrogen-bond acceptors (Lipinski definition) is 3. The zero-order valence-electron chi connectivity index (χ0n) is 2.06. The number of rotatable bonds is 0. The van der Waals surface area contributed by atoms with Crippen molar-refractivity contribution in [1.82, 2.24) is 0 Å². The Bertz CT molecular complexity index is 8.00. The van der Waals surface area contributed by atoms with Crippen molar-refractivity contribution in [3.63, 3.8) is 0 Å². The molecule has 0 aromatic rings. The molecule has 26 valence electrons. The Kier molecular flexibility index (Phi) is 1.14. The Balaban J connectivity index is 2.32. The van der Waals surface area contributed by atoms with Crippen molar-refractivity contribution in [2.45, 2.75) is 0 Å². The van der Waals surface area contributed by atoms with E-state index in [2.05, 4.69) is 11.7 Å². The third kappa shape index (κ3) is 50.7. The smallest absolute Gasteiger partial charge is 0.162 e. The van der Waals surface area contributed by atoms with E-state index in [4.69, 9.17) is 5.21 Å². The van der Waals surface area contributed by atoms with E-state index in [9.17, 15) is 0 Å². The Hall–Kier alpha value is -0.160. The van der Waals surface area contributed by atoms with E-state index in [1.54, 1.807) is 0 Å². The molecule has 0 aliphatic carbocycles. The number of quaternary nitrogens is 1. The molecule has 4 nitrogen and oxygen atoms in total. The van der Waals surface area contributed by atoms with Crippen LogP contribution in [0.15, 0.2) is 0 Å². The van der Waals surface area contributed by atoms with Crippen molar-refractivity contribution >= 4 is 0 Å². The van der Waals surface area contributed by atoms with Gasteiger partial charge in [-0.25, -0.2) is 5.28 Å². The topological polar surface area (TPSA) is 79.5 Å². The van der Waals surface area contributed by atoms with Gasteiger partial charge in [0.15, 0.2) is 0 Å². The molecule has 0 fully saturated rings. The maximum atomic E-state index is 9.00. The fraction of sp³-hybridized carbons (Fsp3) is 0. The monoisotopic (exact) mass is 63.0 g/mol. The maximum Gasteiger partial charge on any atom is -0.162 e. The molecule has 0 heterocycles. The Labute approximate surface area is 23.5 Å². The van der Waals surface area contributed by atoms with Gasteiger partial charge < -0.3 is 5.21 Å². The van der Waals surface area contributed by atoms with Crippen molar-refractivity contribution < 1.29 is 5.28 Å². The summed E-state index contributed by atoms with van der Waals surface area (Å²) in [6.07, 6.45) is 0. The van der Waals surface area contributed by atoms with Gasteiger partial charge in [-0.3, -0.25) is 0 Å². The van der Waals surface area contributed by atoms with Crippen LogP contribution in [0.2, 0.25) is 0 Å². The molecule has 0 atom stereocenters. The van der Waals surface area contributed by atoms with Gasteiger partial charge in [0.25, 0.3) is 0 Å². The summed E-state index contributed by atoms with van der Waals surface area (Å²) in [5, 5.41) is 8.17. The van der Waals surface area contributed by atoms with Crippen LogP contribution in [0, 0.1) is 5.21 Å². The summed E-state index contributed by atoms with van der Waals surface area (Å²) in [5.74, 6) is 8.50. The van der Waals surface area contributed by atoms with E-state index in [-0.39, 0.29) is 0 Å². The van der Waals surface area contributed by atoms with Crippen LogP contribution in [-0.4, -0.2) is 0 Å². The number of hydrogen-bond donors (Lipinski definition) is 3. The number of nitrogens with one attached hydrogen (secondary N) is 1. The third-order valence-electron chi connectivity index (χ3n) is 0. The van der Waals surface area contributed by atoms with Crippen molar-refractivity contribution in [1.29, 1.82) is 0 Å². The summed E-state index contributed by atoms with van der Waals surface area (Å²) in [5.41, 5.74) is 0. The Morgan fingerprint density at radius 2 is 1.50 bits per heavy atom. The first-order valence-electron chi connectivity index (χ1n) is 0.781. The van der Waals surface area contributed by atoms with Crippen molar-refractivity contribution in [3.8, 4) is 0 Å². The molecule has 4 heteroatoms. The Morgan fingerprint density at radius 3 is 1.50 bits per heavy atom. The van der Waals surface area contributed by atoms with Crippen LogP contribution in [-0.2, 0) is 0 Å². The van der Waals surface area contributed by atoms with Gasteiger partial charge in [0, 0.05) is 0 Å². The second-order valence-electron chi connectivity index (χ2n) is 0.402. The molecule has 0 radical (unpaired) electrons. The second-order valence-corrected chi connectivity index (χ2v) is 0.402. The SMILES string of the molecule is N[NH+](N)[O-]. The quantitative estimate of drug-likeness (QED) is 0.208. The van der Waals surface area contributed by atoms with Crippen LogP contribution >= 0.6 is 0 Å². The average molecular weight is 63.1 g/mol. The molecule has 0 aromatic carbocycles. The zero-order chi connectivity index (χ0) is 3.58. The predicted molar refractivity (Wildman–Crippen MR) is 12.7 cm³/mol. The predicted octanol–water partition coefficient (Wildman–Crippen LogP) is -2.88. The van der Waals surface area contributed by atoms with E-state index in [0.717, 1.165) is 0 Å². The van der Waals surface area contributed by atoms with Gasteiger partial charge in [-0.1, -0.05) is 0 Å². The summed E-state index contributed by atoms with van der Waals surface area (Å²) in [6, 6.07) is 0. The molecule has 0 aliphatic heterocycles. The molecule has 0 unspecified atom stereocenters. The van der Waals surface area contributed by atoms with Crippen LogP contribution in [0.5, 0.6) is 0 Å². The highest BCUT2D eigenvalue weighted by molar-refractivity contribution is 3.78. The first-order valence-corrected chi connectivity index (χ1v) is 0.781. The van der Waals surface area contributed by atoms with E-state index in [1.807, 2.05) is 0 Å². The second kappa shape index (κ2) is 1.19. The molecule has 4 heavy (non-hydrogen) atoms. The standard InChI is InChI=1S/H5N3O/c1-3(2)4/h3H,1-2H2. The minimum Gasteiger partial charge on any atom is -0.593 e. The first-order chi connectivity index (χ1) is 1.73. The Morgan fingerprint density at radius 1 is 1.50 bits per heavy atom. The highest BCUT2D eigenvalue weighted by Crippen LogP contribution is 0.705. The molecule has 0 bridgehead atoms. The van der Waals surface area contributed by atoms with Gasteiger partial charge in [0.05, 0.1) is 0 Å². The first kappa shape index (κ1) is 3.84. The van der Waals surface area contributed by atoms with Gasteiger partial charge in [0.2, 0.25) is 0 Å². The van der Waals surface area contributed by atoms with Crippen LogP contribution in [0.4, 0.5) is 0 Å². The minimum atomic E-state index is -0.833. The lowest BCUT2D eigenvalue weighted by atomic mass is 12.4. The minimum absolute atomic E-state index is 0.833. The molecule has 0 rings (SSSR count). The summed E-state index contributed by atoms with van der Waals surface area (Å²) in [4.78, 5) is 0. The summed E-state index contributed by atoms with van der Waals surface area (Å²) < 4.78 is 0. The highest BCUT2D eigenvalue weighted by Gasteiger charge is 1.48. The largest absolute Gasteiger partial charge is 0.593 e. The lowest BCUT2D eigenvalue weighted by Gasteiger charge is -2.01. The summed E-state index contributed by atoms with van der Waals surface area (Å²) >= 11 is 0. The third-order valence-corrected chi connectivity index (χ3v) is 0. The van der Waals surface area contributed by atoms with Crippen molar-refractivity contribution in [2.75, 3.05) is 0 Å². The van der Waals surface area contributed by atoms with Gasteiger partial charge in [-0.15, -0.1) is 0 Å². The van der Waals surface area contributed by atoms with E-state index >= 15 is 0 Å². The van der Waals surface area contributed by atoms with E-state index < -0.39 is 5.28 Å². The molecule has 0 aromatic heterocycles. The normalized spacial score (nSPS) is 9.00. The fourth-order valence-electron chi connectivity index (χ4n) is 0. The van der Waals surface area contributed by atoms with Crippen LogP contribution in [0.25, 0.3) is 0 Å². The lowest BCUT2D eigenvalue weighted by molar-refractivity contribution is -0.873. The van der Waals surface area contributed by atoms with Gasteiger partial charge in [-0.05, 0) is 0 Å². The van der Waals surface area contributed by atoms with Gasteiger partial charge >= 0.3 is 0 Å². The van der Waals surface area contributed by atoms with Crippen molar-refractivity contribution in [3.05, 3.63) is 5.21 Å². The van der Waals surface area contributed by atoms with E-state index in [0.29, 0.717) is 0 Å². The zero-order valence-corrected chi connectivity index (χ0v) is 2.06. The maximum absolute atomic E-state index is 9.00. The molecule has 0 spiro atoms. The molecule has 0 aliphatic rings. The molecular formula is H5N3O. The highest BCUT2D eigenvalue weighted by atomic mass is 16.6. The fourth-order valence-corrected chi connectivity index (χ4v) is 0. The van der Waals surface area contributed by atoms with E-state index in [1.165, 1.54) is 0 Å². The molecule has 0 saturated carbocycles.